The largest absolute Gasteiger partial charge is 0.495 e. The molecule has 0 atom stereocenters. The van der Waals surface area contributed by atoms with E-state index in [0.717, 1.165) is 17.7 Å². The van der Waals surface area contributed by atoms with Crippen molar-refractivity contribution in [3.63, 3.8) is 0 Å². The van der Waals surface area contributed by atoms with Crippen LogP contribution in [0.3, 0.4) is 0 Å². The molecule has 0 heterocycles. The Labute approximate surface area is 153 Å². The Bertz CT molecular complexity index is 757. The van der Waals surface area contributed by atoms with Gasteiger partial charge in [0.1, 0.15) is 5.75 Å². The van der Waals surface area contributed by atoms with Crippen molar-refractivity contribution in [2.45, 2.75) is 20.3 Å². The predicted octanol–water partition coefficient (Wildman–Crippen LogP) is 2.73. The molecule has 6 heteroatoms. The topological polar surface area (TPSA) is 79.5 Å². The number of nitrogens with one attached hydrogen (secondary N) is 3. The fourth-order valence-corrected chi connectivity index (χ4v) is 2.40. The van der Waals surface area contributed by atoms with Gasteiger partial charge < -0.3 is 20.7 Å². The van der Waals surface area contributed by atoms with E-state index in [1.54, 1.807) is 13.2 Å². The summed E-state index contributed by atoms with van der Waals surface area (Å²) >= 11 is 0. The van der Waals surface area contributed by atoms with E-state index in [4.69, 9.17) is 4.74 Å². The molecule has 0 saturated carbocycles. The molecular formula is C20H25N3O3. The summed E-state index contributed by atoms with van der Waals surface area (Å²) in [5, 5.41) is 8.37. The van der Waals surface area contributed by atoms with Gasteiger partial charge in [-0.3, -0.25) is 9.59 Å². The van der Waals surface area contributed by atoms with Gasteiger partial charge in [-0.2, -0.15) is 0 Å². The molecule has 0 aromatic heterocycles. The van der Waals surface area contributed by atoms with Crippen LogP contribution in [-0.2, 0) is 16.0 Å². The Morgan fingerprint density at radius 3 is 2.38 bits per heavy atom. The minimum absolute atomic E-state index is 0.104. The zero-order chi connectivity index (χ0) is 18.9. The van der Waals surface area contributed by atoms with Crippen LogP contribution in [0, 0.1) is 6.92 Å². The fourth-order valence-electron chi connectivity index (χ4n) is 2.40. The lowest BCUT2D eigenvalue weighted by atomic mass is 10.1. The Kier molecular flexibility index (Phi) is 7.02. The number of hydrogen-bond acceptors (Lipinski definition) is 4. The first-order chi connectivity index (χ1) is 12.5. The fraction of sp³-hybridized carbons (Fsp3) is 0.300. The van der Waals surface area contributed by atoms with Crippen molar-refractivity contribution in [2.75, 3.05) is 30.8 Å². The predicted molar refractivity (Wildman–Crippen MR) is 104 cm³/mol. The van der Waals surface area contributed by atoms with Crippen molar-refractivity contribution < 1.29 is 14.3 Å². The van der Waals surface area contributed by atoms with Crippen LogP contribution in [0.2, 0.25) is 0 Å². The molecule has 2 rings (SSSR count). The molecule has 3 N–H and O–H groups in total. The molecule has 2 amide bonds. The van der Waals surface area contributed by atoms with Gasteiger partial charge in [0.25, 0.3) is 0 Å². The highest BCUT2D eigenvalue weighted by Crippen LogP contribution is 2.24. The summed E-state index contributed by atoms with van der Waals surface area (Å²) in [6.07, 6.45) is 0.974. The highest BCUT2D eigenvalue weighted by atomic mass is 16.5. The zero-order valence-corrected chi connectivity index (χ0v) is 15.4. The maximum absolute atomic E-state index is 12.0. The third kappa shape index (κ3) is 5.81. The van der Waals surface area contributed by atoms with E-state index < -0.39 is 0 Å². The van der Waals surface area contributed by atoms with Gasteiger partial charge in [0, 0.05) is 5.69 Å². The third-order valence-electron chi connectivity index (χ3n) is 3.89. The molecule has 26 heavy (non-hydrogen) atoms. The van der Waals surface area contributed by atoms with Crippen LogP contribution < -0.4 is 20.7 Å². The van der Waals surface area contributed by atoms with Crippen LogP contribution >= 0.6 is 0 Å². The Morgan fingerprint density at radius 1 is 1.00 bits per heavy atom. The zero-order valence-electron chi connectivity index (χ0n) is 15.4. The van der Waals surface area contributed by atoms with Crippen molar-refractivity contribution >= 4 is 23.2 Å². The smallest absolute Gasteiger partial charge is 0.243 e. The standard InChI is InChI=1S/C20H25N3O3/c1-4-15-6-8-16(9-7-15)21-12-19(24)22-13-20(25)23-17-11-14(2)5-10-18(17)26-3/h5-11,21H,4,12-13H2,1-3H3,(H,22,24)(H,23,25). The van der Waals surface area contributed by atoms with Crippen LogP contribution in [0.25, 0.3) is 0 Å². The monoisotopic (exact) mass is 355 g/mol. The Hall–Kier alpha value is -3.02. The second-order valence-electron chi connectivity index (χ2n) is 5.93. The Morgan fingerprint density at radius 2 is 1.73 bits per heavy atom. The summed E-state index contributed by atoms with van der Waals surface area (Å²) in [6.45, 7) is 4.02. The lowest BCUT2D eigenvalue weighted by Gasteiger charge is -2.12. The van der Waals surface area contributed by atoms with Gasteiger partial charge in [0.15, 0.2) is 0 Å². The average molecular weight is 355 g/mol. The van der Waals surface area contributed by atoms with E-state index in [-0.39, 0.29) is 24.9 Å². The molecular weight excluding hydrogens is 330 g/mol. The third-order valence-corrected chi connectivity index (χ3v) is 3.89. The second kappa shape index (κ2) is 9.46. The molecule has 0 bridgehead atoms. The molecule has 0 radical (unpaired) electrons. The van der Waals surface area contributed by atoms with Gasteiger partial charge in [-0.15, -0.1) is 0 Å². The van der Waals surface area contributed by atoms with Gasteiger partial charge in [-0.25, -0.2) is 0 Å². The van der Waals surface area contributed by atoms with Crippen molar-refractivity contribution in [3.05, 3.63) is 53.6 Å². The molecule has 2 aromatic carbocycles. The SMILES string of the molecule is CCc1ccc(NCC(=O)NCC(=O)Nc2cc(C)ccc2OC)cc1. The number of hydrogen-bond donors (Lipinski definition) is 3. The van der Waals surface area contributed by atoms with Gasteiger partial charge in [0.2, 0.25) is 11.8 Å². The summed E-state index contributed by atoms with van der Waals surface area (Å²) in [5.41, 5.74) is 3.69. The highest BCUT2D eigenvalue weighted by Gasteiger charge is 2.09. The summed E-state index contributed by atoms with van der Waals surface area (Å²) in [6, 6.07) is 13.4. The quantitative estimate of drug-likeness (QED) is 0.680. The van der Waals surface area contributed by atoms with E-state index >= 15 is 0 Å². The second-order valence-corrected chi connectivity index (χ2v) is 5.93. The number of aryl methyl sites for hydroxylation is 2. The minimum atomic E-state index is -0.311. The molecule has 2 aromatic rings. The minimum Gasteiger partial charge on any atom is -0.495 e. The van der Waals surface area contributed by atoms with Crippen molar-refractivity contribution in [1.82, 2.24) is 5.32 Å². The molecule has 6 nitrogen and oxygen atoms in total. The van der Waals surface area contributed by atoms with Crippen LogP contribution in [0.4, 0.5) is 11.4 Å². The number of benzene rings is 2. The normalized spacial score (nSPS) is 10.1. The van der Waals surface area contributed by atoms with Gasteiger partial charge in [-0.05, 0) is 48.7 Å². The Balaban J connectivity index is 1.77. The molecule has 0 spiro atoms. The first-order valence-electron chi connectivity index (χ1n) is 8.55. The number of amides is 2. The lowest BCUT2D eigenvalue weighted by Crippen LogP contribution is -2.36. The number of anilines is 2. The molecule has 0 aliphatic rings. The number of rotatable bonds is 8. The van der Waals surface area contributed by atoms with Crippen LogP contribution in [0.1, 0.15) is 18.1 Å². The first-order valence-corrected chi connectivity index (χ1v) is 8.55. The maximum atomic E-state index is 12.0. The number of carbonyl (C=O) groups is 2. The number of methoxy groups -OCH3 is 1. The van der Waals surface area contributed by atoms with Crippen molar-refractivity contribution in [2.24, 2.45) is 0 Å². The highest BCUT2D eigenvalue weighted by molar-refractivity contribution is 5.96. The first kappa shape index (κ1) is 19.3. The van der Waals surface area contributed by atoms with Gasteiger partial charge in [0.05, 0.1) is 25.9 Å². The summed E-state index contributed by atoms with van der Waals surface area (Å²) in [7, 11) is 1.54. The van der Waals surface area contributed by atoms with Crippen LogP contribution in [0.5, 0.6) is 5.75 Å². The van der Waals surface area contributed by atoms with E-state index in [1.165, 1.54) is 5.56 Å². The number of ether oxygens (including phenoxy) is 1. The van der Waals surface area contributed by atoms with Crippen molar-refractivity contribution in [1.29, 1.82) is 0 Å². The van der Waals surface area contributed by atoms with Gasteiger partial charge >= 0.3 is 0 Å². The van der Waals surface area contributed by atoms with Gasteiger partial charge in [-0.1, -0.05) is 25.1 Å². The maximum Gasteiger partial charge on any atom is 0.243 e. The van der Waals surface area contributed by atoms with E-state index in [2.05, 4.69) is 22.9 Å². The molecule has 0 saturated heterocycles. The average Bonchev–Trinajstić information content (AvgIpc) is 2.65. The van der Waals surface area contributed by atoms with E-state index in [1.807, 2.05) is 43.3 Å². The molecule has 0 aliphatic heterocycles. The van der Waals surface area contributed by atoms with E-state index in [0.29, 0.717) is 11.4 Å². The number of carbonyl (C=O) groups excluding carboxylic acids is 2. The lowest BCUT2D eigenvalue weighted by molar-refractivity contribution is -0.122. The molecule has 0 unspecified atom stereocenters. The molecule has 0 aliphatic carbocycles. The van der Waals surface area contributed by atoms with Crippen molar-refractivity contribution in [3.8, 4) is 5.75 Å². The summed E-state index contributed by atoms with van der Waals surface area (Å²) in [4.78, 5) is 23.9. The summed E-state index contributed by atoms with van der Waals surface area (Å²) in [5.74, 6) is 0.0120. The van der Waals surface area contributed by atoms with E-state index in [9.17, 15) is 9.59 Å². The molecule has 138 valence electrons. The van der Waals surface area contributed by atoms with Crippen LogP contribution in [-0.4, -0.2) is 32.0 Å². The summed E-state index contributed by atoms with van der Waals surface area (Å²) < 4.78 is 5.22. The molecule has 0 fully saturated rings. The van der Waals surface area contributed by atoms with Crippen LogP contribution in [0.15, 0.2) is 42.5 Å².